The maximum atomic E-state index is 2.56. The van der Waals surface area contributed by atoms with E-state index in [0.717, 1.165) is 19.3 Å². The lowest BCUT2D eigenvalue weighted by molar-refractivity contribution is 0.645. The molecular formula is C49H38S. The van der Waals surface area contributed by atoms with Crippen LogP contribution in [0.4, 0.5) is 0 Å². The Bertz CT molecular complexity index is 2610. The summed E-state index contributed by atoms with van der Waals surface area (Å²) in [5.74, 6) is 1.28. The molecule has 6 aromatic rings. The molecule has 0 saturated carbocycles. The second-order valence-corrected chi connectivity index (χ2v) is 16.5. The largest absolute Gasteiger partial charge is 0.135 e. The number of fused-ring (bicyclic) bond motifs is 10. The zero-order valence-corrected chi connectivity index (χ0v) is 29.4. The highest BCUT2D eigenvalue weighted by molar-refractivity contribution is 7.20. The Morgan fingerprint density at radius 3 is 2.40 bits per heavy atom. The summed E-state index contributed by atoms with van der Waals surface area (Å²) in [4.78, 5) is 1.42. The molecule has 240 valence electrons. The van der Waals surface area contributed by atoms with Gasteiger partial charge in [-0.2, -0.15) is 0 Å². The van der Waals surface area contributed by atoms with E-state index >= 15 is 0 Å². The molecule has 3 atom stereocenters. The van der Waals surface area contributed by atoms with Crippen LogP contribution in [0.5, 0.6) is 0 Å². The summed E-state index contributed by atoms with van der Waals surface area (Å²) >= 11 is 1.98. The topological polar surface area (TPSA) is 0 Å². The lowest BCUT2D eigenvalue weighted by Crippen LogP contribution is -2.23. The molecule has 0 bridgehead atoms. The van der Waals surface area contributed by atoms with Gasteiger partial charge in [-0.1, -0.05) is 147 Å². The van der Waals surface area contributed by atoms with Crippen LogP contribution < -0.4 is 0 Å². The minimum atomic E-state index is -0.0517. The van der Waals surface area contributed by atoms with E-state index in [4.69, 9.17) is 0 Å². The van der Waals surface area contributed by atoms with Crippen LogP contribution >= 0.6 is 11.3 Å². The Hall–Kier alpha value is -4.98. The Kier molecular flexibility index (Phi) is 6.06. The monoisotopic (exact) mass is 658 g/mol. The summed E-state index contributed by atoms with van der Waals surface area (Å²) in [6.07, 6.45) is 22.3. The van der Waals surface area contributed by atoms with Crippen LogP contribution in [0, 0.1) is 5.92 Å². The van der Waals surface area contributed by atoms with E-state index in [2.05, 4.69) is 153 Å². The predicted octanol–water partition coefficient (Wildman–Crippen LogP) is 13.3. The van der Waals surface area contributed by atoms with Crippen molar-refractivity contribution in [3.63, 3.8) is 0 Å². The zero-order chi connectivity index (χ0) is 33.1. The Labute approximate surface area is 298 Å². The van der Waals surface area contributed by atoms with Gasteiger partial charge in [0, 0.05) is 38.3 Å². The van der Waals surface area contributed by atoms with Crippen LogP contribution in [0.2, 0.25) is 0 Å². The molecule has 0 radical (unpaired) electrons. The summed E-state index contributed by atoms with van der Waals surface area (Å²) in [6.45, 7) is 4.78. The lowest BCUT2D eigenvalue weighted by Gasteiger charge is -2.36. The number of allylic oxidation sites excluding steroid dienone is 9. The van der Waals surface area contributed by atoms with Crippen LogP contribution in [0.25, 0.3) is 54.8 Å². The first-order chi connectivity index (χ1) is 24.6. The number of rotatable bonds is 2. The molecule has 0 spiro atoms. The molecule has 1 heteroatoms. The molecule has 0 nitrogen and oxygen atoms in total. The van der Waals surface area contributed by atoms with Gasteiger partial charge in [-0.25, -0.2) is 0 Å². The molecule has 0 saturated heterocycles. The summed E-state index contributed by atoms with van der Waals surface area (Å²) in [5, 5.41) is 4.20. The van der Waals surface area contributed by atoms with Gasteiger partial charge in [0.25, 0.3) is 0 Å². The van der Waals surface area contributed by atoms with Crippen LogP contribution in [0.15, 0.2) is 139 Å². The fraction of sp³-hybridized carbons (Fsp3) is 0.184. The number of hydrogen-bond donors (Lipinski definition) is 0. The molecule has 5 aliphatic rings. The first-order valence-corrected chi connectivity index (χ1v) is 19.2. The predicted molar refractivity (Wildman–Crippen MR) is 214 cm³/mol. The van der Waals surface area contributed by atoms with Crippen molar-refractivity contribution in [3.8, 4) is 22.3 Å². The van der Waals surface area contributed by atoms with Crippen molar-refractivity contribution in [2.75, 3.05) is 0 Å². The first-order valence-electron chi connectivity index (χ1n) is 18.3. The Morgan fingerprint density at radius 1 is 0.660 bits per heavy atom. The third-order valence-corrected chi connectivity index (χ3v) is 13.8. The molecule has 1 heterocycles. The van der Waals surface area contributed by atoms with Crippen LogP contribution in [-0.4, -0.2) is 0 Å². The highest BCUT2D eigenvalue weighted by atomic mass is 32.1. The van der Waals surface area contributed by atoms with Gasteiger partial charge < -0.3 is 0 Å². The molecule has 3 unspecified atom stereocenters. The SMILES string of the molecule is CC1(C)c2ccccc2-c2ccc(-c3cccc4c5c(sc34)C=CC(c3ccc4c(c3)C3=C(C=CCC3)C3C=CC=CC43)C5)c3cccc1c23. The quantitative estimate of drug-likeness (QED) is 0.174. The summed E-state index contributed by atoms with van der Waals surface area (Å²) < 4.78 is 1.41. The van der Waals surface area contributed by atoms with Gasteiger partial charge in [0.2, 0.25) is 0 Å². The third kappa shape index (κ3) is 3.93. The van der Waals surface area contributed by atoms with Gasteiger partial charge in [0.05, 0.1) is 0 Å². The molecule has 0 N–H and O–H groups in total. The van der Waals surface area contributed by atoms with Gasteiger partial charge in [-0.3, -0.25) is 0 Å². The summed E-state index contributed by atoms with van der Waals surface area (Å²) in [6, 6.07) is 35.2. The second-order valence-electron chi connectivity index (χ2n) is 15.4. The van der Waals surface area contributed by atoms with Crippen LogP contribution in [0.3, 0.4) is 0 Å². The normalized spacial score (nSPS) is 21.9. The maximum Gasteiger partial charge on any atom is 0.0430 e. The van der Waals surface area contributed by atoms with Crippen molar-refractivity contribution in [3.05, 3.63) is 177 Å². The van der Waals surface area contributed by atoms with E-state index in [1.807, 2.05) is 11.3 Å². The zero-order valence-electron chi connectivity index (χ0n) is 28.5. The number of thiophene rings is 1. The molecule has 50 heavy (non-hydrogen) atoms. The molecule has 11 rings (SSSR count). The molecular weight excluding hydrogens is 621 g/mol. The van der Waals surface area contributed by atoms with Gasteiger partial charge in [0.1, 0.15) is 0 Å². The van der Waals surface area contributed by atoms with Crippen LogP contribution in [0.1, 0.15) is 76.8 Å². The average Bonchev–Trinajstić information content (AvgIpc) is 3.55. The van der Waals surface area contributed by atoms with Crippen molar-refractivity contribution in [2.24, 2.45) is 5.92 Å². The Morgan fingerprint density at radius 2 is 1.46 bits per heavy atom. The highest BCUT2D eigenvalue weighted by Gasteiger charge is 2.35. The standard InChI is InChI=1S/C49H38S/c1-49(2)44-19-8-7-15-37(44)39-25-24-36(38-16-10-20-45(49)47(38)39)40-17-9-18-41-43-28-30(22-26-46(43)50-48(40)41)29-21-23-35-33-13-4-3-11-31(33)32-12-5-6-14-34(32)42(35)27-29/h3-5,7-13,15-27,30-31,33H,6,14,28H2,1-2H3. The van der Waals surface area contributed by atoms with Gasteiger partial charge >= 0.3 is 0 Å². The summed E-state index contributed by atoms with van der Waals surface area (Å²) in [7, 11) is 0. The molecule has 0 fully saturated rings. The van der Waals surface area contributed by atoms with E-state index in [-0.39, 0.29) is 5.41 Å². The van der Waals surface area contributed by atoms with Crippen molar-refractivity contribution < 1.29 is 0 Å². The number of benzene rings is 5. The van der Waals surface area contributed by atoms with Crippen LogP contribution in [-0.2, 0) is 11.8 Å². The smallest absolute Gasteiger partial charge is 0.0430 e. The fourth-order valence-corrected chi connectivity index (χ4v) is 11.4. The summed E-state index contributed by atoms with van der Waals surface area (Å²) in [5.41, 5.74) is 17.3. The van der Waals surface area contributed by atoms with E-state index in [1.165, 1.54) is 86.9 Å². The molecule has 0 aliphatic heterocycles. The van der Waals surface area contributed by atoms with Gasteiger partial charge in [0.15, 0.2) is 0 Å². The molecule has 1 aromatic heterocycles. The maximum absolute atomic E-state index is 2.56. The number of hydrogen-bond acceptors (Lipinski definition) is 1. The van der Waals surface area contributed by atoms with Crippen molar-refractivity contribution in [1.82, 2.24) is 0 Å². The van der Waals surface area contributed by atoms with E-state index in [9.17, 15) is 0 Å². The second kappa shape index (κ2) is 10.5. The Balaban J connectivity index is 1.01. The fourth-order valence-electron chi connectivity index (χ4n) is 10.1. The lowest BCUT2D eigenvalue weighted by atomic mass is 9.67. The van der Waals surface area contributed by atoms with Gasteiger partial charge in [-0.15, -0.1) is 11.3 Å². The van der Waals surface area contributed by atoms with Crippen molar-refractivity contribution in [1.29, 1.82) is 0 Å². The van der Waals surface area contributed by atoms with E-state index < -0.39 is 0 Å². The minimum Gasteiger partial charge on any atom is -0.135 e. The third-order valence-electron chi connectivity index (χ3n) is 12.5. The van der Waals surface area contributed by atoms with E-state index in [0.29, 0.717) is 17.8 Å². The molecule has 0 amide bonds. The minimum absolute atomic E-state index is 0.0517. The molecule has 5 aliphatic carbocycles. The highest BCUT2D eigenvalue weighted by Crippen LogP contribution is 2.53. The molecule has 5 aromatic carbocycles. The van der Waals surface area contributed by atoms with Gasteiger partial charge in [-0.05, 0) is 103 Å². The van der Waals surface area contributed by atoms with E-state index in [1.54, 1.807) is 5.57 Å². The first kappa shape index (κ1) is 28.8. The van der Waals surface area contributed by atoms with Crippen molar-refractivity contribution in [2.45, 2.75) is 50.4 Å². The van der Waals surface area contributed by atoms with Crippen molar-refractivity contribution >= 4 is 43.8 Å². The average molecular weight is 659 g/mol.